The number of anilines is 1. The quantitative estimate of drug-likeness (QED) is 0.760. The number of hydrogen-bond acceptors (Lipinski definition) is 7. The highest BCUT2D eigenvalue weighted by atomic mass is 32.2. The van der Waals surface area contributed by atoms with Gasteiger partial charge < -0.3 is 0 Å². The number of nitrogens with one attached hydrogen (secondary N) is 1. The van der Waals surface area contributed by atoms with E-state index in [1.54, 1.807) is 47.8 Å². The largest absolute Gasteiger partial charge is 0.263 e. The summed E-state index contributed by atoms with van der Waals surface area (Å²) in [4.78, 5) is 1.24. The highest BCUT2D eigenvalue weighted by molar-refractivity contribution is 8.01. The fourth-order valence-corrected chi connectivity index (χ4v) is 4.74. The van der Waals surface area contributed by atoms with Gasteiger partial charge in [-0.2, -0.15) is 0 Å². The van der Waals surface area contributed by atoms with Gasteiger partial charge >= 0.3 is 0 Å². The van der Waals surface area contributed by atoms with Crippen LogP contribution in [0.1, 0.15) is 13.3 Å². The maximum Gasteiger partial charge on any atom is 0.263 e. The van der Waals surface area contributed by atoms with E-state index in [1.807, 2.05) is 6.26 Å². The second-order valence-corrected chi connectivity index (χ2v) is 8.88. The highest BCUT2D eigenvalue weighted by Crippen LogP contribution is 2.27. The Bertz CT molecular complexity index is 683. The van der Waals surface area contributed by atoms with Gasteiger partial charge in [-0.3, -0.25) is 4.72 Å². The van der Waals surface area contributed by atoms with Crippen LogP contribution in [0.25, 0.3) is 0 Å². The van der Waals surface area contributed by atoms with Gasteiger partial charge in [-0.05, 0) is 36.9 Å². The molecule has 0 amide bonds. The number of thioether (sulfide) groups is 2. The predicted octanol–water partition coefficient (Wildman–Crippen LogP) is 3.56. The van der Waals surface area contributed by atoms with Gasteiger partial charge in [-0.25, -0.2) is 8.42 Å². The zero-order valence-electron chi connectivity index (χ0n) is 11.6. The summed E-state index contributed by atoms with van der Waals surface area (Å²) in [5.41, 5.74) is 0. The van der Waals surface area contributed by atoms with Crippen LogP contribution in [0.5, 0.6) is 0 Å². The Balaban J connectivity index is 2.10. The average Bonchev–Trinajstić information content (AvgIpc) is 2.92. The van der Waals surface area contributed by atoms with Crippen molar-refractivity contribution in [3.05, 3.63) is 24.3 Å². The first-order valence-corrected chi connectivity index (χ1v) is 10.7. The first-order valence-electron chi connectivity index (χ1n) is 6.18. The summed E-state index contributed by atoms with van der Waals surface area (Å²) >= 11 is 4.39. The van der Waals surface area contributed by atoms with Crippen LogP contribution < -0.4 is 4.72 Å². The second-order valence-electron chi connectivity index (χ2n) is 4.00. The zero-order valence-corrected chi connectivity index (χ0v) is 14.8. The van der Waals surface area contributed by atoms with E-state index in [0.717, 1.165) is 21.4 Å². The van der Waals surface area contributed by atoms with Gasteiger partial charge in [0.05, 0.1) is 4.90 Å². The lowest BCUT2D eigenvalue weighted by Crippen LogP contribution is -2.12. The molecule has 1 aromatic carbocycles. The molecule has 0 fully saturated rings. The minimum Gasteiger partial charge on any atom is -0.253 e. The Hall–Kier alpha value is -0.770. The van der Waals surface area contributed by atoms with Crippen LogP contribution >= 0.6 is 34.9 Å². The Labute approximate surface area is 137 Å². The molecule has 0 aliphatic rings. The first kappa shape index (κ1) is 16.6. The standard InChI is InChI=1S/C12H15N3O2S4/c1-3-8-19-12-14-13-11(20-12)15-21(16,17)10-6-4-9(18-2)5-7-10/h4-7H,3,8H2,1-2H3,(H,13,15). The summed E-state index contributed by atoms with van der Waals surface area (Å²) in [6.07, 6.45) is 2.98. The number of aromatic nitrogens is 2. The third kappa shape index (κ3) is 4.60. The third-order valence-electron chi connectivity index (χ3n) is 2.43. The summed E-state index contributed by atoms with van der Waals surface area (Å²) < 4.78 is 27.7. The van der Waals surface area contributed by atoms with Gasteiger partial charge in [0.15, 0.2) is 4.34 Å². The van der Waals surface area contributed by atoms with Gasteiger partial charge in [0.1, 0.15) is 0 Å². The molecule has 0 saturated heterocycles. The van der Waals surface area contributed by atoms with Crippen molar-refractivity contribution >= 4 is 50.0 Å². The minimum absolute atomic E-state index is 0.221. The van der Waals surface area contributed by atoms with Crippen molar-refractivity contribution in [2.24, 2.45) is 0 Å². The van der Waals surface area contributed by atoms with E-state index in [0.29, 0.717) is 5.13 Å². The molecule has 2 rings (SSSR count). The van der Waals surface area contributed by atoms with E-state index in [1.165, 1.54) is 11.3 Å². The molecular weight excluding hydrogens is 346 g/mol. The predicted molar refractivity (Wildman–Crippen MR) is 90.0 cm³/mol. The fourth-order valence-electron chi connectivity index (χ4n) is 1.43. The Morgan fingerprint density at radius 2 is 1.95 bits per heavy atom. The molecule has 21 heavy (non-hydrogen) atoms. The maximum absolute atomic E-state index is 12.2. The van der Waals surface area contributed by atoms with Crippen molar-refractivity contribution in [2.45, 2.75) is 27.5 Å². The van der Waals surface area contributed by atoms with Gasteiger partial charge in [0.2, 0.25) is 5.13 Å². The summed E-state index contributed by atoms with van der Waals surface area (Å²) in [5.74, 6) is 0.942. The lowest BCUT2D eigenvalue weighted by atomic mass is 10.4. The second kappa shape index (κ2) is 7.48. The molecule has 0 saturated carbocycles. The van der Waals surface area contributed by atoms with Crippen LogP contribution in [-0.2, 0) is 10.0 Å². The number of hydrogen-bond donors (Lipinski definition) is 1. The molecule has 0 atom stereocenters. The van der Waals surface area contributed by atoms with E-state index in [-0.39, 0.29) is 4.90 Å². The lowest BCUT2D eigenvalue weighted by Gasteiger charge is -2.05. The van der Waals surface area contributed by atoms with Gasteiger partial charge in [-0.15, -0.1) is 22.0 Å². The van der Waals surface area contributed by atoms with Crippen LogP contribution in [0.2, 0.25) is 0 Å². The van der Waals surface area contributed by atoms with Crippen LogP contribution in [0.15, 0.2) is 38.4 Å². The third-order valence-corrected chi connectivity index (χ3v) is 6.83. The van der Waals surface area contributed by atoms with Crippen molar-refractivity contribution in [1.29, 1.82) is 0 Å². The fraction of sp³-hybridized carbons (Fsp3) is 0.333. The molecule has 1 N–H and O–H groups in total. The van der Waals surface area contributed by atoms with Crippen LogP contribution in [0.3, 0.4) is 0 Å². The summed E-state index contributed by atoms with van der Waals surface area (Å²) in [6.45, 7) is 2.08. The van der Waals surface area contributed by atoms with E-state index < -0.39 is 10.0 Å². The Morgan fingerprint density at radius 3 is 2.57 bits per heavy atom. The maximum atomic E-state index is 12.2. The van der Waals surface area contributed by atoms with E-state index in [4.69, 9.17) is 0 Å². The number of benzene rings is 1. The van der Waals surface area contributed by atoms with Gasteiger partial charge in [-0.1, -0.05) is 30.0 Å². The highest BCUT2D eigenvalue weighted by Gasteiger charge is 2.16. The minimum atomic E-state index is -3.61. The number of sulfonamides is 1. The van der Waals surface area contributed by atoms with Crippen LogP contribution in [0.4, 0.5) is 5.13 Å². The molecule has 0 aliphatic carbocycles. The molecular formula is C12H15N3O2S4. The van der Waals surface area contributed by atoms with Crippen LogP contribution in [-0.4, -0.2) is 30.6 Å². The zero-order chi connectivity index (χ0) is 15.3. The SMILES string of the molecule is CCCSc1nnc(NS(=O)(=O)c2ccc(SC)cc2)s1. The Morgan fingerprint density at radius 1 is 1.24 bits per heavy atom. The molecule has 5 nitrogen and oxygen atoms in total. The molecule has 2 aromatic rings. The van der Waals surface area contributed by atoms with E-state index in [2.05, 4.69) is 21.8 Å². The molecule has 1 aromatic heterocycles. The van der Waals surface area contributed by atoms with Crippen molar-refractivity contribution in [2.75, 3.05) is 16.7 Å². The van der Waals surface area contributed by atoms with Crippen molar-refractivity contribution in [3.63, 3.8) is 0 Å². The number of nitrogens with zero attached hydrogens (tertiary/aromatic N) is 2. The summed E-state index contributed by atoms with van der Waals surface area (Å²) in [7, 11) is -3.61. The van der Waals surface area contributed by atoms with E-state index in [9.17, 15) is 8.42 Å². The number of rotatable bonds is 7. The molecule has 0 spiro atoms. The Kier molecular flexibility index (Phi) is 5.91. The molecule has 0 unspecified atom stereocenters. The molecule has 0 bridgehead atoms. The smallest absolute Gasteiger partial charge is 0.253 e. The summed E-state index contributed by atoms with van der Waals surface area (Å²) in [5, 5.41) is 8.12. The average molecular weight is 362 g/mol. The van der Waals surface area contributed by atoms with E-state index >= 15 is 0 Å². The van der Waals surface area contributed by atoms with Crippen molar-refractivity contribution < 1.29 is 8.42 Å². The van der Waals surface area contributed by atoms with Crippen molar-refractivity contribution in [1.82, 2.24) is 10.2 Å². The van der Waals surface area contributed by atoms with Crippen molar-refractivity contribution in [3.8, 4) is 0 Å². The molecule has 114 valence electrons. The molecule has 0 radical (unpaired) electrons. The normalized spacial score (nSPS) is 11.5. The monoisotopic (exact) mass is 361 g/mol. The first-order chi connectivity index (χ1) is 10.0. The summed E-state index contributed by atoms with van der Waals surface area (Å²) in [6, 6.07) is 6.73. The molecule has 9 heteroatoms. The molecule has 1 heterocycles. The van der Waals surface area contributed by atoms with Gasteiger partial charge in [0, 0.05) is 10.6 Å². The lowest BCUT2D eigenvalue weighted by molar-refractivity contribution is 0.601. The van der Waals surface area contributed by atoms with Crippen LogP contribution in [0, 0.1) is 0 Å². The molecule has 0 aliphatic heterocycles. The van der Waals surface area contributed by atoms with Gasteiger partial charge in [0.25, 0.3) is 10.0 Å². The topological polar surface area (TPSA) is 72.0 Å².